The molecule has 0 saturated heterocycles. The van der Waals surface area contributed by atoms with Crippen LogP contribution < -0.4 is 5.73 Å². The van der Waals surface area contributed by atoms with Crippen LogP contribution in [0.25, 0.3) is 0 Å². The average Bonchev–Trinajstić information content (AvgIpc) is 2.35. The van der Waals surface area contributed by atoms with E-state index in [2.05, 4.69) is 12.1 Å². The highest BCUT2D eigenvalue weighted by atomic mass is 35.5. The van der Waals surface area contributed by atoms with Gasteiger partial charge in [0.25, 0.3) is 0 Å². The third-order valence-corrected chi connectivity index (χ3v) is 3.82. The molecule has 0 aliphatic carbocycles. The van der Waals surface area contributed by atoms with Gasteiger partial charge >= 0.3 is 0 Å². The lowest BCUT2D eigenvalue weighted by Gasteiger charge is -2.28. The predicted molar refractivity (Wildman–Crippen MR) is 82.6 cm³/mol. The molecule has 0 aliphatic heterocycles. The van der Waals surface area contributed by atoms with Gasteiger partial charge in [-0.3, -0.25) is 0 Å². The Morgan fingerprint density at radius 3 is 2.50 bits per heavy atom. The summed E-state index contributed by atoms with van der Waals surface area (Å²) < 4.78 is 13.9. The minimum atomic E-state index is -0.620. The zero-order valence-electron chi connectivity index (χ0n) is 12.0. The second-order valence-corrected chi connectivity index (χ2v) is 6.08. The van der Waals surface area contributed by atoms with Gasteiger partial charge in [-0.15, -0.1) is 0 Å². The van der Waals surface area contributed by atoms with E-state index in [4.69, 9.17) is 17.3 Å². The number of aryl methyl sites for hydroxylation is 2. The molecule has 0 spiro atoms. The van der Waals surface area contributed by atoms with Gasteiger partial charge in [-0.1, -0.05) is 41.4 Å². The molecular formula is C17H19ClFN. The zero-order valence-corrected chi connectivity index (χ0v) is 12.8. The van der Waals surface area contributed by atoms with Gasteiger partial charge in [-0.2, -0.15) is 0 Å². The van der Waals surface area contributed by atoms with E-state index in [-0.39, 0.29) is 5.82 Å². The number of nitrogens with two attached hydrogens (primary N) is 1. The van der Waals surface area contributed by atoms with Gasteiger partial charge in [0.15, 0.2) is 0 Å². The van der Waals surface area contributed by atoms with Crippen LogP contribution in [0, 0.1) is 19.7 Å². The molecule has 2 aromatic rings. The highest BCUT2D eigenvalue weighted by Crippen LogP contribution is 2.28. The number of benzene rings is 2. The summed E-state index contributed by atoms with van der Waals surface area (Å²) >= 11 is 5.78. The Morgan fingerprint density at radius 1 is 1.15 bits per heavy atom. The molecule has 0 fully saturated rings. The van der Waals surface area contributed by atoms with Gasteiger partial charge in [0.05, 0.1) is 0 Å². The Morgan fingerprint density at radius 2 is 1.85 bits per heavy atom. The van der Waals surface area contributed by atoms with E-state index >= 15 is 0 Å². The summed E-state index contributed by atoms with van der Waals surface area (Å²) in [5.41, 5.74) is 9.73. The summed E-state index contributed by atoms with van der Waals surface area (Å²) in [5, 5.41) is 0.400. The number of halogens is 2. The van der Waals surface area contributed by atoms with E-state index < -0.39 is 5.54 Å². The first kappa shape index (κ1) is 15.0. The van der Waals surface area contributed by atoms with Crippen LogP contribution in [-0.2, 0) is 12.0 Å². The molecule has 2 rings (SSSR count). The Balaban J connectivity index is 2.37. The smallest absolute Gasteiger partial charge is 0.127 e. The summed E-state index contributed by atoms with van der Waals surface area (Å²) in [6, 6.07) is 10.9. The van der Waals surface area contributed by atoms with Crippen molar-refractivity contribution in [2.24, 2.45) is 5.73 Å². The largest absolute Gasteiger partial charge is 0.321 e. The summed E-state index contributed by atoms with van der Waals surface area (Å²) in [6.45, 7) is 5.99. The summed E-state index contributed by atoms with van der Waals surface area (Å²) in [5.74, 6) is -0.306. The maximum atomic E-state index is 13.9. The van der Waals surface area contributed by atoms with Gasteiger partial charge < -0.3 is 5.73 Å². The van der Waals surface area contributed by atoms with Crippen molar-refractivity contribution in [3.8, 4) is 0 Å². The first-order valence-corrected chi connectivity index (χ1v) is 6.98. The first-order chi connectivity index (χ1) is 9.29. The van der Waals surface area contributed by atoms with Crippen LogP contribution in [0.3, 0.4) is 0 Å². The molecule has 1 atom stereocenters. The SMILES string of the molecule is Cc1ccc(C)c(C(C)(N)Cc2ccc(Cl)cc2F)c1. The molecule has 0 amide bonds. The molecule has 2 aromatic carbocycles. The van der Waals surface area contributed by atoms with Crippen LogP contribution in [0.15, 0.2) is 36.4 Å². The van der Waals surface area contributed by atoms with Crippen LogP contribution in [0.2, 0.25) is 5.02 Å². The zero-order chi connectivity index (χ0) is 14.9. The van der Waals surface area contributed by atoms with Crippen LogP contribution >= 0.6 is 11.6 Å². The van der Waals surface area contributed by atoms with Crippen LogP contribution in [-0.4, -0.2) is 0 Å². The molecule has 106 valence electrons. The van der Waals surface area contributed by atoms with Crippen molar-refractivity contribution in [2.75, 3.05) is 0 Å². The monoisotopic (exact) mass is 291 g/mol. The number of rotatable bonds is 3. The Kier molecular flexibility index (Phi) is 4.17. The maximum absolute atomic E-state index is 13.9. The summed E-state index contributed by atoms with van der Waals surface area (Å²) in [6.07, 6.45) is 0.431. The van der Waals surface area contributed by atoms with Gasteiger partial charge in [0, 0.05) is 10.6 Å². The Labute approximate surface area is 124 Å². The minimum Gasteiger partial charge on any atom is -0.321 e. The van der Waals surface area contributed by atoms with E-state index in [9.17, 15) is 4.39 Å². The number of hydrogen-bond donors (Lipinski definition) is 1. The van der Waals surface area contributed by atoms with Crippen molar-refractivity contribution in [1.82, 2.24) is 0 Å². The lowest BCUT2D eigenvalue weighted by atomic mass is 9.83. The molecular weight excluding hydrogens is 273 g/mol. The Bertz CT molecular complexity index is 635. The van der Waals surface area contributed by atoms with Crippen molar-refractivity contribution in [2.45, 2.75) is 32.7 Å². The molecule has 0 bridgehead atoms. The third kappa shape index (κ3) is 3.20. The molecule has 1 unspecified atom stereocenters. The Hall–Kier alpha value is -1.38. The molecule has 0 radical (unpaired) electrons. The standard InChI is InChI=1S/C17H19ClFN/c1-11-4-5-12(2)15(8-11)17(3,20)10-13-6-7-14(18)9-16(13)19/h4-9H,10,20H2,1-3H3. The molecule has 20 heavy (non-hydrogen) atoms. The van der Waals surface area contributed by atoms with Crippen molar-refractivity contribution in [3.05, 3.63) is 69.5 Å². The topological polar surface area (TPSA) is 26.0 Å². The summed E-state index contributed by atoms with van der Waals surface area (Å²) in [7, 11) is 0. The summed E-state index contributed by atoms with van der Waals surface area (Å²) in [4.78, 5) is 0. The van der Waals surface area contributed by atoms with E-state index in [1.807, 2.05) is 26.8 Å². The van der Waals surface area contributed by atoms with E-state index in [1.54, 1.807) is 12.1 Å². The maximum Gasteiger partial charge on any atom is 0.127 e. The fraction of sp³-hybridized carbons (Fsp3) is 0.294. The minimum absolute atomic E-state index is 0.306. The first-order valence-electron chi connectivity index (χ1n) is 6.60. The van der Waals surface area contributed by atoms with E-state index in [0.29, 0.717) is 17.0 Å². The molecule has 2 N–H and O–H groups in total. The lowest BCUT2D eigenvalue weighted by molar-refractivity contribution is 0.472. The van der Waals surface area contributed by atoms with Gasteiger partial charge in [-0.05, 0) is 56.0 Å². The second-order valence-electron chi connectivity index (χ2n) is 5.65. The van der Waals surface area contributed by atoms with Crippen LogP contribution in [0.1, 0.15) is 29.2 Å². The van der Waals surface area contributed by atoms with Gasteiger partial charge in [0.2, 0.25) is 0 Å². The fourth-order valence-corrected chi connectivity index (χ4v) is 2.67. The molecule has 0 aromatic heterocycles. The van der Waals surface area contributed by atoms with Crippen LogP contribution in [0.5, 0.6) is 0 Å². The van der Waals surface area contributed by atoms with Crippen molar-refractivity contribution < 1.29 is 4.39 Å². The van der Waals surface area contributed by atoms with E-state index in [0.717, 1.165) is 16.7 Å². The van der Waals surface area contributed by atoms with Crippen molar-refractivity contribution >= 4 is 11.6 Å². The normalized spacial score (nSPS) is 14.1. The quantitative estimate of drug-likeness (QED) is 0.884. The highest BCUT2D eigenvalue weighted by Gasteiger charge is 2.25. The van der Waals surface area contributed by atoms with Crippen molar-refractivity contribution in [3.63, 3.8) is 0 Å². The fourth-order valence-electron chi connectivity index (χ4n) is 2.51. The van der Waals surface area contributed by atoms with E-state index in [1.165, 1.54) is 6.07 Å². The molecule has 0 aliphatic rings. The third-order valence-electron chi connectivity index (χ3n) is 3.58. The number of hydrogen-bond acceptors (Lipinski definition) is 1. The average molecular weight is 292 g/mol. The molecule has 0 saturated carbocycles. The second kappa shape index (κ2) is 5.55. The highest BCUT2D eigenvalue weighted by molar-refractivity contribution is 6.30. The van der Waals surface area contributed by atoms with Gasteiger partial charge in [0.1, 0.15) is 5.82 Å². The molecule has 3 heteroatoms. The van der Waals surface area contributed by atoms with Gasteiger partial charge in [-0.25, -0.2) is 4.39 Å². The molecule has 1 nitrogen and oxygen atoms in total. The molecule has 0 heterocycles. The lowest BCUT2D eigenvalue weighted by Crippen LogP contribution is -2.36. The van der Waals surface area contributed by atoms with Crippen molar-refractivity contribution in [1.29, 1.82) is 0 Å². The predicted octanol–water partition coefficient (Wildman–Crippen LogP) is 4.51. The van der Waals surface area contributed by atoms with Crippen LogP contribution in [0.4, 0.5) is 4.39 Å².